The molecule has 1 fully saturated rings. The van der Waals surface area contributed by atoms with Gasteiger partial charge in [-0.2, -0.15) is 0 Å². The number of nitrogens with zero attached hydrogens (tertiary/aromatic N) is 1. The average molecular weight is 279 g/mol. The number of aliphatic hydroxyl groups excluding tert-OH is 1. The Morgan fingerprint density at radius 3 is 2.30 bits per heavy atom. The summed E-state index contributed by atoms with van der Waals surface area (Å²) in [4.78, 5) is 4.23. The SMILES string of the molecule is CC(O)Cc1cc(O)cnc1B1OC(C)(C)C(C)(C)O1. The summed E-state index contributed by atoms with van der Waals surface area (Å²) in [6.07, 6.45) is 1.23. The van der Waals surface area contributed by atoms with Gasteiger partial charge in [-0.05, 0) is 52.7 Å². The van der Waals surface area contributed by atoms with Gasteiger partial charge >= 0.3 is 7.12 Å². The topological polar surface area (TPSA) is 71.8 Å². The summed E-state index contributed by atoms with van der Waals surface area (Å²) < 4.78 is 11.9. The van der Waals surface area contributed by atoms with E-state index in [1.54, 1.807) is 13.0 Å². The highest BCUT2D eigenvalue weighted by Crippen LogP contribution is 2.36. The van der Waals surface area contributed by atoms with E-state index in [2.05, 4.69) is 4.98 Å². The van der Waals surface area contributed by atoms with Gasteiger partial charge in [0, 0.05) is 0 Å². The van der Waals surface area contributed by atoms with Gasteiger partial charge in [0.2, 0.25) is 0 Å². The summed E-state index contributed by atoms with van der Waals surface area (Å²) >= 11 is 0. The number of hydrogen-bond donors (Lipinski definition) is 2. The van der Waals surface area contributed by atoms with Gasteiger partial charge in [0.1, 0.15) is 5.75 Å². The molecule has 1 aliphatic rings. The summed E-state index contributed by atoms with van der Waals surface area (Å²) in [6, 6.07) is 1.60. The van der Waals surface area contributed by atoms with Crippen molar-refractivity contribution in [3.8, 4) is 5.75 Å². The first-order chi connectivity index (χ1) is 9.12. The molecule has 110 valence electrons. The van der Waals surface area contributed by atoms with Crippen LogP contribution in [-0.4, -0.2) is 39.6 Å². The Balaban J connectivity index is 2.34. The molecule has 1 atom stereocenters. The number of pyridine rings is 1. The number of aromatic hydroxyl groups is 1. The van der Waals surface area contributed by atoms with E-state index in [-0.39, 0.29) is 5.75 Å². The Morgan fingerprint density at radius 2 is 1.80 bits per heavy atom. The minimum Gasteiger partial charge on any atom is -0.506 e. The van der Waals surface area contributed by atoms with Crippen LogP contribution in [0.3, 0.4) is 0 Å². The van der Waals surface area contributed by atoms with E-state index in [1.807, 2.05) is 27.7 Å². The third-order valence-electron chi connectivity index (χ3n) is 3.98. The molecule has 1 aliphatic heterocycles. The van der Waals surface area contributed by atoms with Gasteiger partial charge in [0.15, 0.2) is 0 Å². The van der Waals surface area contributed by atoms with Crippen molar-refractivity contribution >= 4 is 12.7 Å². The molecular weight excluding hydrogens is 257 g/mol. The van der Waals surface area contributed by atoms with Crippen molar-refractivity contribution in [1.29, 1.82) is 0 Å². The van der Waals surface area contributed by atoms with E-state index in [0.29, 0.717) is 12.0 Å². The molecule has 2 heterocycles. The lowest BCUT2D eigenvalue weighted by Crippen LogP contribution is -2.41. The van der Waals surface area contributed by atoms with Gasteiger partial charge in [0.05, 0.1) is 29.1 Å². The quantitative estimate of drug-likeness (QED) is 0.808. The minimum absolute atomic E-state index is 0.0703. The second-order valence-electron chi connectivity index (χ2n) is 6.38. The highest BCUT2D eigenvalue weighted by Gasteiger charge is 2.52. The molecule has 5 nitrogen and oxygen atoms in total. The van der Waals surface area contributed by atoms with Crippen molar-refractivity contribution < 1.29 is 19.5 Å². The van der Waals surface area contributed by atoms with Crippen LogP contribution in [0, 0.1) is 0 Å². The van der Waals surface area contributed by atoms with Gasteiger partial charge < -0.3 is 19.5 Å². The molecule has 0 saturated carbocycles. The molecule has 1 unspecified atom stereocenters. The molecule has 0 aromatic carbocycles. The molecule has 2 N–H and O–H groups in total. The van der Waals surface area contributed by atoms with Crippen molar-refractivity contribution in [3.63, 3.8) is 0 Å². The van der Waals surface area contributed by atoms with Crippen LogP contribution >= 0.6 is 0 Å². The van der Waals surface area contributed by atoms with Crippen LogP contribution in [0.1, 0.15) is 40.2 Å². The summed E-state index contributed by atoms with van der Waals surface area (Å²) in [5.74, 6) is 0.0703. The lowest BCUT2D eigenvalue weighted by molar-refractivity contribution is 0.00578. The summed E-state index contributed by atoms with van der Waals surface area (Å²) in [5, 5.41) is 19.2. The maximum absolute atomic E-state index is 9.58. The first-order valence-corrected chi connectivity index (χ1v) is 6.84. The van der Waals surface area contributed by atoms with Crippen LogP contribution < -0.4 is 5.59 Å². The molecule has 0 bridgehead atoms. The molecule has 2 rings (SSSR count). The van der Waals surface area contributed by atoms with E-state index in [0.717, 1.165) is 5.56 Å². The Labute approximate surface area is 120 Å². The summed E-state index contributed by atoms with van der Waals surface area (Å²) in [5.41, 5.74) is 0.458. The van der Waals surface area contributed by atoms with Crippen molar-refractivity contribution in [1.82, 2.24) is 4.98 Å². The molecule has 1 aromatic heterocycles. The molecular formula is C14H22BNO4. The van der Waals surface area contributed by atoms with Gasteiger partial charge in [-0.25, -0.2) is 0 Å². The number of aromatic nitrogens is 1. The summed E-state index contributed by atoms with van der Waals surface area (Å²) in [7, 11) is -0.589. The van der Waals surface area contributed by atoms with Crippen LogP contribution in [0.25, 0.3) is 0 Å². The standard InChI is InChI=1S/C14H22BNO4/c1-9(17)6-10-7-11(18)8-16-12(10)15-19-13(2,3)14(4,5)20-15/h7-9,17-18H,6H2,1-5H3. The van der Waals surface area contributed by atoms with Crippen molar-refractivity contribution in [2.45, 2.75) is 58.3 Å². The largest absolute Gasteiger partial charge is 0.514 e. The maximum Gasteiger partial charge on any atom is 0.514 e. The van der Waals surface area contributed by atoms with Gasteiger partial charge in [-0.15, -0.1) is 0 Å². The van der Waals surface area contributed by atoms with Gasteiger partial charge in [0.25, 0.3) is 0 Å². The van der Waals surface area contributed by atoms with E-state index < -0.39 is 24.4 Å². The third-order valence-corrected chi connectivity index (χ3v) is 3.98. The lowest BCUT2D eigenvalue weighted by atomic mass is 9.79. The third kappa shape index (κ3) is 2.82. The number of aliphatic hydroxyl groups is 1. The zero-order chi connectivity index (χ0) is 15.1. The second-order valence-corrected chi connectivity index (χ2v) is 6.38. The molecule has 0 radical (unpaired) electrons. The zero-order valence-corrected chi connectivity index (χ0v) is 12.7. The predicted molar refractivity (Wildman–Crippen MR) is 77.0 cm³/mol. The lowest BCUT2D eigenvalue weighted by Gasteiger charge is -2.32. The van der Waals surface area contributed by atoms with Crippen LogP contribution in [-0.2, 0) is 15.7 Å². The van der Waals surface area contributed by atoms with Gasteiger partial charge in [-0.1, -0.05) is 0 Å². The first-order valence-electron chi connectivity index (χ1n) is 6.84. The van der Waals surface area contributed by atoms with Crippen LogP contribution in [0.2, 0.25) is 0 Å². The molecule has 0 aliphatic carbocycles. The normalized spacial score (nSPS) is 22.0. The summed E-state index contributed by atoms with van der Waals surface area (Å²) in [6.45, 7) is 9.59. The van der Waals surface area contributed by atoms with Crippen molar-refractivity contribution in [2.75, 3.05) is 0 Å². The fourth-order valence-corrected chi connectivity index (χ4v) is 2.16. The maximum atomic E-state index is 9.58. The van der Waals surface area contributed by atoms with Crippen LogP contribution in [0.4, 0.5) is 0 Å². The Kier molecular flexibility index (Phi) is 3.84. The van der Waals surface area contributed by atoms with Crippen LogP contribution in [0.15, 0.2) is 12.3 Å². The Morgan fingerprint density at radius 1 is 1.25 bits per heavy atom. The van der Waals surface area contributed by atoms with Crippen molar-refractivity contribution in [3.05, 3.63) is 17.8 Å². The number of hydrogen-bond acceptors (Lipinski definition) is 5. The Hall–Kier alpha value is -1.11. The molecule has 0 amide bonds. The predicted octanol–water partition coefficient (Wildman–Crippen LogP) is 1.01. The first kappa shape index (κ1) is 15.3. The van der Waals surface area contributed by atoms with E-state index in [4.69, 9.17) is 9.31 Å². The smallest absolute Gasteiger partial charge is 0.506 e. The molecule has 1 saturated heterocycles. The second kappa shape index (κ2) is 5.02. The van der Waals surface area contributed by atoms with E-state index in [1.165, 1.54) is 6.20 Å². The Bertz CT molecular complexity index is 486. The average Bonchev–Trinajstić information content (AvgIpc) is 2.46. The fourth-order valence-electron chi connectivity index (χ4n) is 2.16. The molecule has 0 spiro atoms. The van der Waals surface area contributed by atoms with Gasteiger partial charge in [-0.3, -0.25) is 4.98 Å². The highest BCUT2D eigenvalue weighted by molar-refractivity contribution is 6.61. The zero-order valence-electron chi connectivity index (χ0n) is 12.7. The molecule has 1 aromatic rings. The van der Waals surface area contributed by atoms with Crippen molar-refractivity contribution in [2.24, 2.45) is 0 Å². The number of rotatable bonds is 3. The fraction of sp³-hybridized carbons (Fsp3) is 0.643. The molecule has 6 heteroatoms. The van der Waals surface area contributed by atoms with E-state index >= 15 is 0 Å². The van der Waals surface area contributed by atoms with E-state index in [9.17, 15) is 10.2 Å². The van der Waals surface area contributed by atoms with Crippen LogP contribution in [0.5, 0.6) is 5.75 Å². The minimum atomic E-state index is -0.589. The highest BCUT2D eigenvalue weighted by atomic mass is 16.7. The molecule has 20 heavy (non-hydrogen) atoms. The monoisotopic (exact) mass is 279 g/mol.